The van der Waals surface area contributed by atoms with E-state index in [1.54, 1.807) is 0 Å². The van der Waals surface area contributed by atoms with Crippen molar-refractivity contribution in [1.29, 1.82) is 0 Å². The summed E-state index contributed by atoms with van der Waals surface area (Å²) in [6.45, 7) is 18.8. The number of nitrogens with zero attached hydrogens (tertiary/aromatic N) is 1. The number of fused-ring (bicyclic) bond motifs is 4. The highest BCUT2D eigenvalue weighted by Gasteiger charge is 2.30. The molecule has 2 heterocycles. The minimum Gasteiger partial charge on any atom is -0.455 e. The molecule has 0 saturated heterocycles. The molecule has 0 aliphatic heterocycles. The SMILES string of the molecule is Cc1cc2c(cc1CC(C)C)c([Si](C)(C)C)cc(-c1c(C)c(C)cc3c1oc1ccccc13)[n+]2C. The van der Waals surface area contributed by atoms with Gasteiger partial charge in [-0.3, -0.25) is 0 Å². The Balaban J connectivity index is 1.92. The number of benzene rings is 3. The van der Waals surface area contributed by atoms with Crippen LogP contribution in [-0.4, -0.2) is 8.07 Å². The van der Waals surface area contributed by atoms with Gasteiger partial charge in [0.25, 0.3) is 0 Å². The van der Waals surface area contributed by atoms with Crippen LogP contribution >= 0.6 is 0 Å². The lowest BCUT2D eigenvalue weighted by Gasteiger charge is -2.21. The van der Waals surface area contributed by atoms with Crippen molar-refractivity contribution in [2.45, 2.75) is 60.7 Å². The molecule has 0 aliphatic rings. The summed E-state index contributed by atoms with van der Waals surface area (Å²) in [5.74, 6) is 0.644. The topological polar surface area (TPSA) is 17.0 Å². The Bertz CT molecular complexity index is 1620. The van der Waals surface area contributed by atoms with E-state index < -0.39 is 8.07 Å². The van der Waals surface area contributed by atoms with Crippen molar-refractivity contribution in [1.82, 2.24) is 0 Å². The lowest BCUT2D eigenvalue weighted by atomic mass is 9.94. The maximum atomic E-state index is 6.55. The van der Waals surface area contributed by atoms with Gasteiger partial charge in [-0.05, 0) is 78.7 Å². The monoisotopic (exact) mass is 480 g/mol. The summed E-state index contributed by atoms with van der Waals surface area (Å²) in [6.07, 6.45) is 1.12. The predicted octanol–water partition coefficient (Wildman–Crippen LogP) is 7.90. The largest absolute Gasteiger partial charge is 0.455 e. The zero-order valence-corrected chi connectivity index (χ0v) is 23.8. The van der Waals surface area contributed by atoms with E-state index in [0.29, 0.717) is 5.92 Å². The second-order valence-corrected chi connectivity index (χ2v) is 16.9. The Morgan fingerprint density at radius 3 is 2.26 bits per heavy atom. The number of hydrogen-bond donors (Lipinski definition) is 0. The van der Waals surface area contributed by atoms with Crippen molar-refractivity contribution in [2.75, 3.05) is 0 Å². The lowest BCUT2D eigenvalue weighted by molar-refractivity contribution is -0.633. The minimum absolute atomic E-state index is 0.644. The fourth-order valence-corrected chi connectivity index (χ4v) is 7.16. The molecule has 0 amide bonds. The molecule has 180 valence electrons. The number of furan rings is 1. The van der Waals surface area contributed by atoms with Crippen molar-refractivity contribution < 1.29 is 8.98 Å². The molecule has 5 aromatic rings. The van der Waals surface area contributed by atoms with Gasteiger partial charge in [-0.15, -0.1) is 0 Å². The summed E-state index contributed by atoms with van der Waals surface area (Å²) >= 11 is 0. The van der Waals surface area contributed by atoms with Crippen molar-refractivity contribution in [3.8, 4) is 11.3 Å². The molecule has 0 bridgehead atoms. The Hall–Kier alpha value is -2.91. The summed E-state index contributed by atoms with van der Waals surface area (Å²) in [6, 6.07) is 18.1. The van der Waals surface area contributed by atoms with Gasteiger partial charge in [0.1, 0.15) is 18.2 Å². The van der Waals surface area contributed by atoms with Gasteiger partial charge < -0.3 is 4.42 Å². The van der Waals surface area contributed by atoms with Crippen LogP contribution in [0.15, 0.2) is 52.9 Å². The number of aromatic nitrogens is 1. The zero-order chi connectivity index (χ0) is 25.2. The number of hydrogen-bond acceptors (Lipinski definition) is 1. The van der Waals surface area contributed by atoms with E-state index in [9.17, 15) is 0 Å². The number of para-hydroxylation sites is 1. The highest BCUT2D eigenvalue weighted by molar-refractivity contribution is 6.90. The normalized spacial score (nSPS) is 12.5. The van der Waals surface area contributed by atoms with Gasteiger partial charge in [0.15, 0.2) is 0 Å². The summed E-state index contributed by atoms with van der Waals surface area (Å²) in [5, 5.41) is 5.34. The third-order valence-electron chi connectivity index (χ3n) is 7.63. The average Bonchev–Trinajstić information content (AvgIpc) is 3.13. The second kappa shape index (κ2) is 8.34. The zero-order valence-electron chi connectivity index (χ0n) is 22.8. The predicted molar refractivity (Wildman–Crippen MR) is 154 cm³/mol. The van der Waals surface area contributed by atoms with Crippen LogP contribution in [0.4, 0.5) is 0 Å². The van der Waals surface area contributed by atoms with Crippen LogP contribution < -0.4 is 9.75 Å². The average molecular weight is 481 g/mol. The summed E-state index contributed by atoms with van der Waals surface area (Å²) in [4.78, 5) is 0. The standard InChI is InChI=1S/C32H38NOSi/c1-19(2)14-23-17-26-27(16-21(23)4)33(6)28(18-30(26)35(7,8)9)31-22(5)20(3)15-25-24-12-10-11-13-29(24)34-32(25)31/h10-13,15-19H,14H2,1-9H3/q+1. The van der Waals surface area contributed by atoms with Gasteiger partial charge >= 0.3 is 0 Å². The lowest BCUT2D eigenvalue weighted by Crippen LogP contribution is -2.43. The van der Waals surface area contributed by atoms with Gasteiger partial charge in [-0.25, -0.2) is 0 Å². The van der Waals surface area contributed by atoms with Crippen molar-refractivity contribution in [3.05, 3.63) is 70.8 Å². The van der Waals surface area contributed by atoms with E-state index in [1.165, 1.54) is 60.4 Å². The maximum absolute atomic E-state index is 6.55. The van der Waals surface area contributed by atoms with Crippen LogP contribution in [0.25, 0.3) is 44.1 Å². The Labute approximate surface area is 210 Å². The van der Waals surface area contributed by atoms with E-state index in [-0.39, 0.29) is 0 Å². The third kappa shape index (κ3) is 3.90. The van der Waals surface area contributed by atoms with Crippen LogP contribution in [-0.2, 0) is 13.5 Å². The molecule has 3 aromatic carbocycles. The first-order chi connectivity index (χ1) is 16.5. The molecule has 0 radical (unpaired) electrons. The van der Waals surface area contributed by atoms with E-state index in [2.05, 4.69) is 114 Å². The molecular weight excluding hydrogens is 442 g/mol. The van der Waals surface area contributed by atoms with Gasteiger partial charge in [0.2, 0.25) is 11.2 Å². The van der Waals surface area contributed by atoms with E-state index >= 15 is 0 Å². The van der Waals surface area contributed by atoms with Gasteiger partial charge in [0.05, 0.1) is 13.6 Å². The molecule has 35 heavy (non-hydrogen) atoms. The molecule has 0 saturated carbocycles. The van der Waals surface area contributed by atoms with Crippen molar-refractivity contribution in [2.24, 2.45) is 13.0 Å². The second-order valence-electron chi connectivity index (χ2n) is 11.8. The first-order valence-corrected chi connectivity index (χ1v) is 16.4. The molecule has 0 fully saturated rings. The molecule has 0 spiro atoms. The van der Waals surface area contributed by atoms with Gasteiger partial charge in [-0.2, -0.15) is 4.57 Å². The molecule has 5 rings (SSSR count). The molecule has 3 heteroatoms. The number of rotatable bonds is 4. The van der Waals surface area contributed by atoms with Gasteiger partial charge in [0, 0.05) is 28.3 Å². The Morgan fingerprint density at radius 1 is 0.857 bits per heavy atom. The molecule has 2 nitrogen and oxygen atoms in total. The van der Waals surface area contributed by atoms with E-state index in [4.69, 9.17) is 4.42 Å². The Morgan fingerprint density at radius 2 is 1.57 bits per heavy atom. The number of pyridine rings is 1. The first-order valence-electron chi connectivity index (χ1n) is 12.9. The van der Waals surface area contributed by atoms with E-state index in [1.807, 2.05) is 0 Å². The fraction of sp³-hybridized carbons (Fsp3) is 0.344. The highest BCUT2D eigenvalue weighted by atomic mass is 28.3. The van der Waals surface area contributed by atoms with Crippen LogP contribution in [0.1, 0.15) is 36.1 Å². The maximum Gasteiger partial charge on any atom is 0.216 e. The summed E-state index contributed by atoms with van der Waals surface area (Å²) in [5.41, 5.74) is 11.2. The van der Waals surface area contributed by atoms with Gasteiger partial charge in [-0.1, -0.05) is 51.7 Å². The number of aryl methyl sites for hydroxylation is 3. The van der Waals surface area contributed by atoms with Crippen LogP contribution in [0.3, 0.4) is 0 Å². The summed E-state index contributed by atoms with van der Waals surface area (Å²) < 4.78 is 8.95. The first kappa shape index (κ1) is 23.8. The molecule has 0 aliphatic carbocycles. The van der Waals surface area contributed by atoms with Crippen molar-refractivity contribution >= 4 is 46.1 Å². The highest BCUT2D eigenvalue weighted by Crippen LogP contribution is 2.39. The molecule has 0 atom stereocenters. The summed E-state index contributed by atoms with van der Waals surface area (Å²) in [7, 11) is 0.586. The van der Waals surface area contributed by atoms with Crippen molar-refractivity contribution in [3.63, 3.8) is 0 Å². The quantitative estimate of drug-likeness (QED) is 0.189. The molecule has 0 unspecified atom stereocenters. The minimum atomic E-state index is -1.64. The molecule has 2 aromatic heterocycles. The Kier molecular flexibility index (Phi) is 5.67. The van der Waals surface area contributed by atoms with Crippen LogP contribution in [0.5, 0.6) is 0 Å². The van der Waals surface area contributed by atoms with Crippen LogP contribution in [0.2, 0.25) is 19.6 Å². The third-order valence-corrected chi connectivity index (χ3v) is 9.66. The fourth-order valence-electron chi connectivity index (χ4n) is 5.59. The molecule has 0 N–H and O–H groups in total. The van der Waals surface area contributed by atoms with Crippen LogP contribution in [0, 0.1) is 26.7 Å². The van der Waals surface area contributed by atoms with E-state index in [0.717, 1.165) is 17.6 Å². The smallest absolute Gasteiger partial charge is 0.216 e. The molecular formula is C32H38NOSi+.